The lowest BCUT2D eigenvalue weighted by molar-refractivity contribution is -0.141. The van der Waals surface area contributed by atoms with E-state index in [1.807, 2.05) is 5.32 Å². The van der Waals surface area contributed by atoms with Gasteiger partial charge in [-0.1, -0.05) is 18.2 Å². The molecule has 0 saturated carbocycles. The van der Waals surface area contributed by atoms with E-state index >= 15 is 0 Å². The molecule has 4 amide bonds. The molecule has 2 rings (SSSR count). The lowest BCUT2D eigenvalue weighted by Crippen LogP contribution is -2.49. The van der Waals surface area contributed by atoms with Crippen LogP contribution in [0.25, 0.3) is 0 Å². The van der Waals surface area contributed by atoms with Crippen molar-refractivity contribution in [1.29, 1.82) is 0 Å². The molecule has 26 heavy (non-hydrogen) atoms. The number of carbonyl (C=O) groups excluding carboxylic acids is 3. The molecular weight excluding hydrogens is 353 g/mol. The minimum absolute atomic E-state index is 0.258. The maximum absolute atomic E-state index is 12.2. The Bertz CT molecular complexity index is 652. The number of likely N-dealkylation sites (tertiary alicyclic amines) is 1. The van der Waals surface area contributed by atoms with E-state index < -0.39 is 36.6 Å². The van der Waals surface area contributed by atoms with Crippen LogP contribution in [-0.2, 0) is 9.59 Å². The van der Waals surface area contributed by atoms with Crippen molar-refractivity contribution in [2.75, 3.05) is 25.0 Å². The zero-order chi connectivity index (χ0) is 19.2. The molecule has 1 atom stereocenters. The van der Waals surface area contributed by atoms with Gasteiger partial charge >= 0.3 is 12.2 Å². The molecule has 1 aliphatic heterocycles. The van der Waals surface area contributed by atoms with Crippen molar-refractivity contribution in [1.82, 2.24) is 15.5 Å². The topological polar surface area (TPSA) is 90.5 Å². The van der Waals surface area contributed by atoms with E-state index in [0.29, 0.717) is 25.1 Å². The second kappa shape index (κ2) is 8.65. The van der Waals surface area contributed by atoms with Gasteiger partial charge in [0.05, 0.1) is 12.6 Å². The number of halogens is 3. The normalized spacial score (nSPS) is 17.6. The van der Waals surface area contributed by atoms with Gasteiger partial charge in [-0.05, 0) is 31.5 Å². The highest BCUT2D eigenvalue weighted by Crippen LogP contribution is 2.18. The Morgan fingerprint density at radius 2 is 1.85 bits per heavy atom. The highest BCUT2D eigenvalue weighted by Gasteiger charge is 2.34. The number of carbonyl (C=O) groups is 3. The van der Waals surface area contributed by atoms with Gasteiger partial charge in [0.2, 0.25) is 11.8 Å². The third kappa shape index (κ3) is 6.36. The van der Waals surface area contributed by atoms with E-state index in [4.69, 9.17) is 0 Å². The number of amides is 4. The Morgan fingerprint density at radius 3 is 2.50 bits per heavy atom. The number of hydrogen-bond acceptors (Lipinski definition) is 4. The Morgan fingerprint density at radius 1 is 1.15 bits per heavy atom. The summed E-state index contributed by atoms with van der Waals surface area (Å²) in [6.45, 7) is -1.29. The van der Waals surface area contributed by atoms with E-state index in [1.165, 1.54) is 4.90 Å². The zero-order valence-corrected chi connectivity index (χ0v) is 13.8. The second-order valence-electron chi connectivity index (χ2n) is 5.83. The van der Waals surface area contributed by atoms with Gasteiger partial charge in [0, 0.05) is 5.69 Å². The first-order valence-electron chi connectivity index (χ1n) is 7.99. The van der Waals surface area contributed by atoms with Crippen LogP contribution in [-0.4, -0.2) is 54.6 Å². The third-order valence-electron chi connectivity index (χ3n) is 3.76. The number of benzene rings is 1. The standard InChI is InChI=1S/C16H19F3N4O3/c17-16(18,19)10-20-14(25)12-7-4-8-23(12)9-13(24)22-15(26)21-11-5-2-1-3-6-11/h1-3,5-6,12H,4,7-10H2,(H,20,25)(H2,21,22,24,26)/t12-/m0/s1. The molecule has 1 aromatic carbocycles. The number of anilines is 1. The number of hydrogen-bond donors (Lipinski definition) is 3. The van der Waals surface area contributed by atoms with Crippen LogP contribution in [0.2, 0.25) is 0 Å². The minimum atomic E-state index is -4.49. The maximum Gasteiger partial charge on any atom is 0.405 e. The minimum Gasteiger partial charge on any atom is -0.346 e. The smallest absolute Gasteiger partial charge is 0.346 e. The van der Waals surface area contributed by atoms with E-state index in [2.05, 4.69) is 10.6 Å². The number of imide groups is 1. The molecule has 0 spiro atoms. The van der Waals surface area contributed by atoms with Crippen LogP contribution in [0.1, 0.15) is 12.8 Å². The van der Waals surface area contributed by atoms with Crippen molar-refractivity contribution in [3.05, 3.63) is 30.3 Å². The van der Waals surface area contributed by atoms with Crippen molar-refractivity contribution < 1.29 is 27.6 Å². The molecule has 1 saturated heterocycles. The van der Waals surface area contributed by atoms with Gasteiger partial charge in [-0.15, -0.1) is 0 Å². The maximum atomic E-state index is 12.2. The Hall–Kier alpha value is -2.62. The predicted molar refractivity (Wildman–Crippen MR) is 87.3 cm³/mol. The first kappa shape index (κ1) is 19.7. The summed E-state index contributed by atoms with van der Waals surface area (Å²) in [6, 6.07) is 6.94. The SMILES string of the molecule is O=C(CN1CCC[C@H]1C(=O)NCC(F)(F)F)NC(=O)Nc1ccccc1. The largest absolute Gasteiger partial charge is 0.405 e. The quantitative estimate of drug-likeness (QED) is 0.730. The lowest BCUT2D eigenvalue weighted by Gasteiger charge is -2.23. The Labute approximate surface area is 147 Å². The average Bonchev–Trinajstić information content (AvgIpc) is 3.00. The molecule has 0 bridgehead atoms. The van der Waals surface area contributed by atoms with Crippen molar-refractivity contribution in [2.45, 2.75) is 25.1 Å². The van der Waals surface area contributed by atoms with Crippen molar-refractivity contribution >= 4 is 23.5 Å². The highest BCUT2D eigenvalue weighted by atomic mass is 19.4. The summed E-state index contributed by atoms with van der Waals surface area (Å²) in [5.74, 6) is -1.42. The number of urea groups is 1. The summed E-state index contributed by atoms with van der Waals surface area (Å²) in [6.07, 6.45) is -3.56. The second-order valence-corrected chi connectivity index (χ2v) is 5.83. The van der Waals surface area contributed by atoms with E-state index in [9.17, 15) is 27.6 Å². The summed E-state index contributed by atoms with van der Waals surface area (Å²) in [7, 11) is 0. The van der Waals surface area contributed by atoms with Crippen molar-refractivity contribution in [3.63, 3.8) is 0 Å². The molecule has 142 valence electrons. The van der Waals surface area contributed by atoms with Crippen LogP contribution in [0, 0.1) is 0 Å². The monoisotopic (exact) mass is 372 g/mol. The van der Waals surface area contributed by atoms with Gasteiger partial charge in [0.1, 0.15) is 6.54 Å². The molecule has 10 heteroatoms. The van der Waals surface area contributed by atoms with Gasteiger partial charge in [-0.2, -0.15) is 13.2 Å². The molecule has 7 nitrogen and oxygen atoms in total. The summed E-state index contributed by atoms with van der Waals surface area (Å²) in [5, 5.41) is 6.43. The molecule has 0 unspecified atom stereocenters. The van der Waals surface area contributed by atoms with Gasteiger partial charge in [0.15, 0.2) is 0 Å². The fourth-order valence-electron chi connectivity index (χ4n) is 2.65. The van der Waals surface area contributed by atoms with Gasteiger partial charge in [-0.3, -0.25) is 19.8 Å². The first-order chi connectivity index (χ1) is 12.2. The summed E-state index contributed by atoms with van der Waals surface area (Å²) < 4.78 is 36.6. The van der Waals surface area contributed by atoms with Crippen molar-refractivity contribution in [2.24, 2.45) is 0 Å². The third-order valence-corrected chi connectivity index (χ3v) is 3.76. The van der Waals surface area contributed by atoms with Gasteiger partial charge in [-0.25, -0.2) is 4.79 Å². The molecule has 1 heterocycles. The van der Waals surface area contributed by atoms with Crippen LogP contribution in [0.15, 0.2) is 30.3 Å². The van der Waals surface area contributed by atoms with Crippen LogP contribution in [0.3, 0.4) is 0 Å². The molecule has 0 radical (unpaired) electrons. The zero-order valence-electron chi connectivity index (χ0n) is 13.8. The van der Waals surface area contributed by atoms with Gasteiger partial charge < -0.3 is 10.6 Å². The molecule has 1 aromatic rings. The molecular formula is C16H19F3N4O3. The molecule has 1 aliphatic rings. The van der Waals surface area contributed by atoms with Crippen LogP contribution < -0.4 is 16.0 Å². The van der Waals surface area contributed by atoms with E-state index in [1.54, 1.807) is 30.3 Å². The number of nitrogens with one attached hydrogen (secondary N) is 3. The molecule has 3 N–H and O–H groups in total. The molecule has 1 fully saturated rings. The van der Waals surface area contributed by atoms with Gasteiger partial charge in [0.25, 0.3) is 0 Å². The molecule has 0 aromatic heterocycles. The number of para-hydroxylation sites is 1. The summed E-state index contributed by atoms with van der Waals surface area (Å²) in [4.78, 5) is 37.1. The van der Waals surface area contributed by atoms with Crippen molar-refractivity contribution in [3.8, 4) is 0 Å². The lowest BCUT2D eigenvalue weighted by atomic mass is 10.2. The number of alkyl halides is 3. The Balaban J connectivity index is 1.81. The Kier molecular flexibility index (Phi) is 6.56. The fraction of sp³-hybridized carbons (Fsp3) is 0.438. The number of nitrogens with zero attached hydrogens (tertiary/aromatic N) is 1. The summed E-state index contributed by atoms with van der Waals surface area (Å²) >= 11 is 0. The summed E-state index contributed by atoms with van der Waals surface area (Å²) in [5.41, 5.74) is 0.503. The average molecular weight is 372 g/mol. The highest BCUT2D eigenvalue weighted by molar-refractivity contribution is 6.01. The van der Waals surface area contributed by atoms with E-state index in [0.717, 1.165) is 0 Å². The van der Waals surface area contributed by atoms with Crippen LogP contribution in [0.5, 0.6) is 0 Å². The van der Waals surface area contributed by atoms with Crippen LogP contribution >= 0.6 is 0 Å². The number of rotatable bonds is 5. The molecule has 0 aliphatic carbocycles. The van der Waals surface area contributed by atoms with Crippen LogP contribution in [0.4, 0.5) is 23.7 Å². The fourth-order valence-corrected chi connectivity index (χ4v) is 2.65. The van der Waals surface area contributed by atoms with E-state index in [-0.39, 0.29) is 6.54 Å². The predicted octanol–water partition coefficient (Wildman–Crippen LogP) is 1.48. The first-order valence-corrected chi connectivity index (χ1v) is 7.99.